The van der Waals surface area contributed by atoms with Crippen molar-refractivity contribution in [2.24, 2.45) is 0 Å². The van der Waals surface area contributed by atoms with Gasteiger partial charge in [-0.05, 0) is 18.2 Å². The number of halogens is 12. The maximum Gasteiger partial charge on any atom is 0.490 e. The van der Waals surface area contributed by atoms with Gasteiger partial charge < -0.3 is 32.8 Å². The number of hydrogen-bond donors (Lipinski definition) is 0. The Hall–Kier alpha value is -5.55. The molecule has 0 amide bonds. The van der Waals surface area contributed by atoms with Crippen molar-refractivity contribution >= 4 is 34.8 Å². The van der Waals surface area contributed by atoms with Crippen LogP contribution in [-0.2, 0) is 42.9 Å². The standard InChI is InChI=1S/C29H16F12O12/c30-26(31,32)22(43)47-10-17-18(51-23(44)27(33,34)35)19(52-24(45)28(36,37)38)20(53-25(46)29(39,40)41)21(50-17)48-12-6-7-15-13(8-12)14(42)9-16(49-15)11-4-2-1-3-5-11/h1-9,17-21H,10H2/t17-,18-,19+,20-,21-/m1/s1. The molecule has 2 aromatic carbocycles. The molecule has 1 saturated heterocycles. The zero-order chi connectivity index (χ0) is 39.7. The van der Waals surface area contributed by atoms with Gasteiger partial charge in [0.1, 0.15) is 29.8 Å². The minimum absolute atomic E-state index is 0.0246. The fourth-order valence-corrected chi connectivity index (χ4v) is 4.41. The van der Waals surface area contributed by atoms with E-state index in [0.29, 0.717) is 5.56 Å². The molecule has 24 heteroatoms. The van der Waals surface area contributed by atoms with E-state index in [0.717, 1.165) is 24.3 Å². The fraction of sp³-hybridized carbons (Fsp3) is 0.345. The first-order valence-electron chi connectivity index (χ1n) is 13.9. The van der Waals surface area contributed by atoms with E-state index >= 15 is 0 Å². The average molecular weight is 784 g/mol. The smallest absolute Gasteiger partial charge is 0.461 e. The molecule has 0 aliphatic carbocycles. The molecule has 1 aliphatic heterocycles. The average Bonchev–Trinajstić information content (AvgIpc) is 3.04. The van der Waals surface area contributed by atoms with Crippen molar-refractivity contribution in [3.8, 4) is 17.1 Å². The van der Waals surface area contributed by atoms with Gasteiger partial charge >= 0.3 is 48.6 Å². The predicted octanol–water partition coefficient (Wildman–Crippen LogP) is 5.09. The molecule has 0 radical (unpaired) electrons. The molecule has 0 unspecified atom stereocenters. The second-order valence-corrected chi connectivity index (χ2v) is 10.4. The van der Waals surface area contributed by atoms with E-state index in [1.54, 1.807) is 30.3 Å². The van der Waals surface area contributed by atoms with E-state index < -0.39 is 97.1 Å². The Morgan fingerprint density at radius 2 is 1.13 bits per heavy atom. The molecule has 5 atom stereocenters. The molecule has 0 saturated carbocycles. The van der Waals surface area contributed by atoms with E-state index in [9.17, 15) is 76.7 Å². The van der Waals surface area contributed by atoms with Crippen LogP contribution in [0.25, 0.3) is 22.3 Å². The number of esters is 4. The summed E-state index contributed by atoms with van der Waals surface area (Å²) in [5.41, 5.74) is -0.608. The van der Waals surface area contributed by atoms with Crippen LogP contribution < -0.4 is 10.2 Å². The number of benzene rings is 2. The van der Waals surface area contributed by atoms with Gasteiger partial charge in [0.15, 0.2) is 17.6 Å². The van der Waals surface area contributed by atoms with E-state index in [2.05, 4.69) is 18.9 Å². The van der Waals surface area contributed by atoms with Crippen LogP contribution in [0.2, 0.25) is 0 Å². The molecule has 53 heavy (non-hydrogen) atoms. The van der Waals surface area contributed by atoms with E-state index in [-0.39, 0.29) is 16.7 Å². The van der Waals surface area contributed by atoms with Gasteiger partial charge in [0.25, 0.3) is 0 Å². The molecular weight excluding hydrogens is 768 g/mol. The molecule has 288 valence electrons. The van der Waals surface area contributed by atoms with E-state index in [4.69, 9.17) is 13.9 Å². The Labute approximate surface area is 284 Å². The number of ether oxygens (including phenoxy) is 6. The van der Waals surface area contributed by atoms with E-state index in [1.807, 2.05) is 0 Å². The molecule has 3 aromatic rings. The highest BCUT2D eigenvalue weighted by Crippen LogP contribution is 2.36. The SMILES string of the molecule is O=C(OC[C@H]1O[C@@H](Oc2ccc3oc(-c4ccccc4)cc(=O)c3c2)[C@H](OC(=O)C(F)(F)F)[C@@H](OC(=O)C(F)(F)F)[C@@H]1OC(=O)C(F)(F)F)C(F)(F)F. The zero-order valence-corrected chi connectivity index (χ0v) is 25.2. The molecule has 1 aromatic heterocycles. The summed E-state index contributed by atoms with van der Waals surface area (Å²) in [4.78, 5) is 59.7. The van der Waals surface area contributed by atoms with Gasteiger partial charge in [0.05, 0.1) is 5.39 Å². The normalized spacial score (nSPS) is 21.0. The molecule has 1 aliphatic rings. The summed E-state index contributed by atoms with van der Waals surface area (Å²) in [5, 5.41) is -0.380. The van der Waals surface area contributed by atoms with Gasteiger partial charge in [0, 0.05) is 11.6 Å². The highest BCUT2D eigenvalue weighted by molar-refractivity contribution is 5.80. The molecule has 12 nitrogen and oxygen atoms in total. The van der Waals surface area contributed by atoms with Crippen LogP contribution >= 0.6 is 0 Å². The summed E-state index contributed by atoms with van der Waals surface area (Å²) in [5.74, 6) is -14.0. The Kier molecular flexibility index (Phi) is 11.3. The maximum atomic E-state index is 13.3. The number of fused-ring (bicyclic) bond motifs is 1. The topological polar surface area (TPSA) is 154 Å². The summed E-state index contributed by atoms with van der Waals surface area (Å²) in [6.07, 6.45) is -40.2. The monoisotopic (exact) mass is 784 g/mol. The lowest BCUT2D eigenvalue weighted by Gasteiger charge is -2.44. The lowest BCUT2D eigenvalue weighted by atomic mass is 9.98. The third-order valence-corrected chi connectivity index (χ3v) is 6.63. The van der Waals surface area contributed by atoms with Crippen molar-refractivity contribution in [1.82, 2.24) is 0 Å². The minimum Gasteiger partial charge on any atom is -0.461 e. The number of carbonyl (C=O) groups excluding carboxylic acids is 4. The van der Waals surface area contributed by atoms with Gasteiger partial charge in [-0.3, -0.25) is 4.79 Å². The largest absolute Gasteiger partial charge is 0.490 e. The molecule has 4 rings (SSSR count). The third-order valence-electron chi connectivity index (χ3n) is 6.63. The quantitative estimate of drug-likeness (QED) is 0.170. The Balaban J connectivity index is 1.84. The lowest BCUT2D eigenvalue weighted by Crippen LogP contribution is -2.65. The second-order valence-electron chi connectivity index (χ2n) is 10.4. The Bertz CT molecular complexity index is 1900. The van der Waals surface area contributed by atoms with Crippen molar-refractivity contribution in [1.29, 1.82) is 0 Å². The van der Waals surface area contributed by atoms with Crippen molar-refractivity contribution in [2.45, 2.75) is 55.4 Å². The summed E-state index contributed by atoms with van der Waals surface area (Å²) in [6.45, 7) is -2.03. The summed E-state index contributed by atoms with van der Waals surface area (Å²) < 4.78 is 189. The van der Waals surface area contributed by atoms with Gasteiger partial charge in [0.2, 0.25) is 12.4 Å². The predicted molar refractivity (Wildman–Crippen MR) is 142 cm³/mol. The molecule has 1 fully saturated rings. The highest BCUT2D eigenvalue weighted by Gasteiger charge is 2.59. The molecular formula is C29H16F12O12. The first-order chi connectivity index (χ1) is 24.4. The molecule has 0 N–H and O–H groups in total. The van der Waals surface area contributed by atoms with Crippen LogP contribution in [0, 0.1) is 0 Å². The lowest BCUT2D eigenvalue weighted by molar-refractivity contribution is -0.306. The minimum atomic E-state index is -6.13. The number of alkyl halides is 12. The van der Waals surface area contributed by atoms with E-state index in [1.165, 1.54) is 0 Å². The van der Waals surface area contributed by atoms with Crippen LogP contribution in [0.5, 0.6) is 5.75 Å². The highest BCUT2D eigenvalue weighted by atomic mass is 19.4. The number of carbonyl (C=O) groups is 4. The van der Waals surface area contributed by atoms with Crippen LogP contribution in [0.1, 0.15) is 0 Å². The molecule has 2 heterocycles. The first kappa shape index (κ1) is 40.2. The van der Waals surface area contributed by atoms with Crippen LogP contribution in [0.4, 0.5) is 52.7 Å². The maximum absolute atomic E-state index is 13.3. The van der Waals surface area contributed by atoms with Crippen molar-refractivity contribution < 1.29 is 105 Å². The number of hydrogen-bond acceptors (Lipinski definition) is 12. The fourth-order valence-electron chi connectivity index (χ4n) is 4.41. The van der Waals surface area contributed by atoms with Crippen molar-refractivity contribution in [3.05, 3.63) is 64.8 Å². The zero-order valence-electron chi connectivity index (χ0n) is 25.2. The summed E-state index contributed by atoms with van der Waals surface area (Å²) in [6, 6.07) is 11.5. The third kappa shape index (κ3) is 9.87. The van der Waals surface area contributed by atoms with Gasteiger partial charge in [-0.25, -0.2) is 19.2 Å². The van der Waals surface area contributed by atoms with Gasteiger partial charge in [-0.2, -0.15) is 52.7 Å². The van der Waals surface area contributed by atoms with Crippen LogP contribution in [0.15, 0.2) is 63.8 Å². The Morgan fingerprint density at radius 3 is 1.66 bits per heavy atom. The molecule has 0 bridgehead atoms. The van der Waals surface area contributed by atoms with Crippen LogP contribution in [0.3, 0.4) is 0 Å². The molecule has 0 spiro atoms. The van der Waals surface area contributed by atoms with Gasteiger partial charge in [-0.15, -0.1) is 0 Å². The van der Waals surface area contributed by atoms with Crippen molar-refractivity contribution in [2.75, 3.05) is 6.61 Å². The van der Waals surface area contributed by atoms with Gasteiger partial charge in [-0.1, -0.05) is 30.3 Å². The second kappa shape index (κ2) is 14.8. The Morgan fingerprint density at radius 1 is 0.623 bits per heavy atom. The summed E-state index contributed by atoms with van der Waals surface area (Å²) in [7, 11) is 0. The van der Waals surface area contributed by atoms with Crippen LogP contribution in [-0.4, -0.2) is 85.9 Å². The number of rotatable bonds is 8. The summed E-state index contributed by atoms with van der Waals surface area (Å²) >= 11 is 0. The first-order valence-corrected chi connectivity index (χ1v) is 13.9. The van der Waals surface area contributed by atoms with Crippen molar-refractivity contribution in [3.63, 3.8) is 0 Å².